The van der Waals surface area contributed by atoms with Gasteiger partial charge < -0.3 is 24.6 Å². The monoisotopic (exact) mass is 473 g/mol. The van der Waals surface area contributed by atoms with Gasteiger partial charge in [0.25, 0.3) is 5.91 Å². The van der Waals surface area contributed by atoms with E-state index in [4.69, 9.17) is 9.47 Å². The number of nitrogens with one attached hydrogen (secondary N) is 1. The Kier molecular flexibility index (Phi) is 5.45. The third-order valence-corrected chi connectivity index (χ3v) is 6.07. The number of anilines is 2. The third kappa shape index (κ3) is 4.14. The Bertz CT molecular complexity index is 1350. The normalized spacial score (nSPS) is 15.0. The van der Waals surface area contributed by atoms with Crippen LogP contribution in [0.5, 0.6) is 11.5 Å². The predicted molar refractivity (Wildman–Crippen MR) is 127 cm³/mol. The summed E-state index contributed by atoms with van der Waals surface area (Å²) in [5.41, 5.74) is 1.25. The number of piperazine rings is 1. The molecule has 0 unspecified atom stereocenters. The van der Waals surface area contributed by atoms with Crippen LogP contribution >= 0.6 is 0 Å². The number of nitrogens with zero attached hydrogens (tertiary/aromatic N) is 8. The Morgan fingerprint density at radius 3 is 2.63 bits per heavy atom. The molecule has 2 aliphatic heterocycles. The number of hydrogen-bond acceptors (Lipinski definition) is 10. The molecule has 6 rings (SSSR count). The van der Waals surface area contributed by atoms with Gasteiger partial charge in [-0.15, -0.1) is 0 Å². The number of ether oxygens (including phenoxy) is 2. The number of carbonyl (C=O) groups excluding carboxylic acids is 1. The lowest BCUT2D eigenvalue weighted by Gasteiger charge is -2.35. The van der Waals surface area contributed by atoms with Crippen LogP contribution in [-0.4, -0.2) is 75.1 Å². The molecular formula is C23H23N9O3. The molecule has 35 heavy (non-hydrogen) atoms. The summed E-state index contributed by atoms with van der Waals surface area (Å²) in [5.74, 6) is 2.65. The number of aromatic nitrogens is 6. The molecule has 0 bridgehead atoms. The molecule has 0 radical (unpaired) electrons. The molecule has 1 N–H and O–H groups in total. The van der Waals surface area contributed by atoms with Crippen LogP contribution in [0.1, 0.15) is 10.4 Å². The van der Waals surface area contributed by atoms with Gasteiger partial charge in [-0.1, -0.05) is 0 Å². The number of carbonyl (C=O) groups is 1. The standard InChI is InChI=1S/C23H23N9O3/c33-22(16-2-3-18-19(12-16)35-15-34-18)24-6-7-32-21-17(13-29-32)20(27-14-28-21)30-8-10-31(11-9-30)23-25-4-1-5-26-23/h1-5,12-14H,6-11,15H2,(H,24,33). The van der Waals surface area contributed by atoms with E-state index in [1.165, 1.54) is 0 Å². The van der Waals surface area contributed by atoms with Crippen molar-refractivity contribution in [3.8, 4) is 11.5 Å². The van der Waals surface area contributed by atoms with Crippen molar-refractivity contribution < 1.29 is 14.3 Å². The van der Waals surface area contributed by atoms with Gasteiger partial charge in [0.1, 0.15) is 12.1 Å². The van der Waals surface area contributed by atoms with Gasteiger partial charge in [0.05, 0.1) is 18.1 Å². The van der Waals surface area contributed by atoms with Crippen molar-refractivity contribution in [1.29, 1.82) is 0 Å². The van der Waals surface area contributed by atoms with Gasteiger partial charge in [-0.3, -0.25) is 4.79 Å². The summed E-state index contributed by atoms with van der Waals surface area (Å²) < 4.78 is 12.4. The highest BCUT2D eigenvalue weighted by molar-refractivity contribution is 5.95. The Hall–Kier alpha value is -4.48. The summed E-state index contributed by atoms with van der Waals surface area (Å²) in [7, 11) is 0. The summed E-state index contributed by atoms with van der Waals surface area (Å²) in [6, 6.07) is 6.96. The van der Waals surface area contributed by atoms with Crippen molar-refractivity contribution in [2.24, 2.45) is 0 Å². The van der Waals surface area contributed by atoms with E-state index in [9.17, 15) is 4.79 Å². The molecule has 4 aromatic rings. The Labute approximate surface area is 200 Å². The fourth-order valence-electron chi connectivity index (χ4n) is 4.28. The quantitative estimate of drug-likeness (QED) is 0.435. The Balaban J connectivity index is 1.10. The molecular weight excluding hydrogens is 450 g/mol. The van der Waals surface area contributed by atoms with E-state index in [0.29, 0.717) is 30.2 Å². The van der Waals surface area contributed by atoms with Crippen LogP contribution in [0, 0.1) is 0 Å². The number of benzene rings is 1. The molecule has 12 heteroatoms. The van der Waals surface area contributed by atoms with Gasteiger partial charge in [0.15, 0.2) is 17.1 Å². The molecule has 1 aromatic carbocycles. The molecule has 1 fully saturated rings. The van der Waals surface area contributed by atoms with Crippen LogP contribution in [0.2, 0.25) is 0 Å². The van der Waals surface area contributed by atoms with Crippen molar-refractivity contribution in [3.63, 3.8) is 0 Å². The lowest BCUT2D eigenvalue weighted by molar-refractivity contribution is 0.0951. The highest BCUT2D eigenvalue weighted by Gasteiger charge is 2.22. The first-order valence-electron chi connectivity index (χ1n) is 11.4. The van der Waals surface area contributed by atoms with Crippen LogP contribution < -0.4 is 24.6 Å². The van der Waals surface area contributed by atoms with Gasteiger partial charge in [0, 0.05) is 50.7 Å². The summed E-state index contributed by atoms with van der Waals surface area (Å²) >= 11 is 0. The molecule has 5 heterocycles. The molecule has 3 aromatic heterocycles. The second-order valence-electron chi connectivity index (χ2n) is 8.15. The van der Waals surface area contributed by atoms with Crippen LogP contribution in [-0.2, 0) is 6.54 Å². The van der Waals surface area contributed by atoms with Crippen molar-refractivity contribution in [2.45, 2.75) is 6.54 Å². The third-order valence-electron chi connectivity index (χ3n) is 6.07. The Morgan fingerprint density at radius 1 is 0.971 bits per heavy atom. The number of rotatable bonds is 6. The summed E-state index contributed by atoms with van der Waals surface area (Å²) in [4.78, 5) is 34.6. The molecule has 1 amide bonds. The van der Waals surface area contributed by atoms with E-state index < -0.39 is 0 Å². The minimum atomic E-state index is -0.185. The van der Waals surface area contributed by atoms with Gasteiger partial charge >= 0.3 is 0 Å². The fourth-order valence-corrected chi connectivity index (χ4v) is 4.28. The van der Waals surface area contributed by atoms with Gasteiger partial charge in [-0.05, 0) is 24.3 Å². The summed E-state index contributed by atoms with van der Waals surface area (Å²) in [6.45, 7) is 4.25. The first-order chi connectivity index (χ1) is 17.3. The molecule has 0 spiro atoms. The summed E-state index contributed by atoms with van der Waals surface area (Å²) in [5, 5.41) is 8.31. The summed E-state index contributed by atoms with van der Waals surface area (Å²) in [6.07, 6.45) is 6.87. The maximum atomic E-state index is 12.5. The minimum absolute atomic E-state index is 0.174. The highest BCUT2D eigenvalue weighted by Crippen LogP contribution is 2.32. The first-order valence-corrected chi connectivity index (χ1v) is 11.4. The van der Waals surface area contributed by atoms with E-state index in [-0.39, 0.29) is 12.7 Å². The van der Waals surface area contributed by atoms with Crippen molar-refractivity contribution >= 4 is 28.7 Å². The van der Waals surface area contributed by atoms with Crippen molar-refractivity contribution in [3.05, 3.63) is 54.7 Å². The van der Waals surface area contributed by atoms with Crippen molar-refractivity contribution in [1.82, 2.24) is 35.0 Å². The van der Waals surface area contributed by atoms with Crippen LogP contribution in [0.15, 0.2) is 49.2 Å². The van der Waals surface area contributed by atoms with Gasteiger partial charge in [-0.25, -0.2) is 24.6 Å². The topological polar surface area (TPSA) is 123 Å². The van der Waals surface area contributed by atoms with Gasteiger partial charge in [0.2, 0.25) is 12.7 Å². The highest BCUT2D eigenvalue weighted by atomic mass is 16.7. The lowest BCUT2D eigenvalue weighted by atomic mass is 10.2. The zero-order valence-corrected chi connectivity index (χ0v) is 18.9. The van der Waals surface area contributed by atoms with E-state index in [0.717, 1.165) is 49.0 Å². The second kappa shape index (κ2) is 9.05. The van der Waals surface area contributed by atoms with E-state index in [2.05, 4.69) is 40.2 Å². The number of hydrogen-bond donors (Lipinski definition) is 1. The largest absolute Gasteiger partial charge is 0.454 e. The van der Waals surface area contributed by atoms with E-state index in [1.807, 2.05) is 6.07 Å². The number of fused-ring (bicyclic) bond motifs is 2. The molecule has 178 valence electrons. The average molecular weight is 473 g/mol. The van der Waals surface area contributed by atoms with E-state index in [1.54, 1.807) is 47.8 Å². The SMILES string of the molecule is O=C(NCCn1ncc2c(N3CCN(c4ncccn4)CC3)ncnc21)c1ccc2c(c1)OCO2. The smallest absolute Gasteiger partial charge is 0.251 e. The maximum absolute atomic E-state index is 12.5. The lowest BCUT2D eigenvalue weighted by Crippen LogP contribution is -2.47. The van der Waals surface area contributed by atoms with Gasteiger partial charge in [-0.2, -0.15) is 5.10 Å². The molecule has 2 aliphatic rings. The molecule has 0 aliphatic carbocycles. The van der Waals surface area contributed by atoms with Crippen LogP contribution in [0.4, 0.5) is 11.8 Å². The number of amides is 1. The fraction of sp³-hybridized carbons (Fsp3) is 0.304. The zero-order valence-electron chi connectivity index (χ0n) is 18.9. The molecule has 12 nitrogen and oxygen atoms in total. The second-order valence-corrected chi connectivity index (χ2v) is 8.15. The molecule has 0 atom stereocenters. The average Bonchev–Trinajstić information content (AvgIpc) is 3.56. The minimum Gasteiger partial charge on any atom is -0.454 e. The van der Waals surface area contributed by atoms with Crippen LogP contribution in [0.3, 0.4) is 0 Å². The first kappa shape index (κ1) is 21.1. The maximum Gasteiger partial charge on any atom is 0.251 e. The Morgan fingerprint density at radius 2 is 1.77 bits per heavy atom. The molecule has 1 saturated heterocycles. The van der Waals surface area contributed by atoms with E-state index >= 15 is 0 Å². The molecule has 0 saturated carbocycles. The van der Waals surface area contributed by atoms with Crippen LogP contribution in [0.25, 0.3) is 11.0 Å². The zero-order chi connectivity index (χ0) is 23.6. The van der Waals surface area contributed by atoms with Crippen molar-refractivity contribution in [2.75, 3.05) is 49.3 Å². The predicted octanol–water partition coefficient (Wildman–Crippen LogP) is 1.10.